The topological polar surface area (TPSA) is 38.1 Å². The standard InChI is InChI=1S/C15H18Cl2N2O/c1-4-14(20)15-9(2)18-19(10(15)3)8-11-5-6-12(16)13(17)7-11/h5-7,14,20H,4,8H2,1-3H3. The first-order valence-corrected chi connectivity index (χ1v) is 7.35. The van der Waals surface area contributed by atoms with Crippen LogP contribution >= 0.6 is 23.2 Å². The third-order valence-electron chi connectivity index (χ3n) is 3.47. The number of aryl methyl sites for hydroxylation is 1. The highest BCUT2D eigenvalue weighted by atomic mass is 35.5. The molecule has 0 saturated carbocycles. The number of benzene rings is 1. The second-order valence-electron chi connectivity index (χ2n) is 4.91. The number of rotatable bonds is 4. The zero-order chi connectivity index (χ0) is 14.9. The van der Waals surface area contributed by atoms with Gasteiger partial charge in [-0.05, 0) is 38.0 Å². The monoisotopic (exact) mass is 312 g/mol. The SMILES string of the molecule is CCC(O)c1c(C)nn(Cc2ccc(Cl)c(Cl)c2)c1C. The maximum atomic E-state index is 10.1. The Bertz CT molecular complexity index is 623. The summed E-state index contributed by atoms with van der Waals surface area (Å²) in [5.41, 5.74) is 3.81. The van der Waals surface area contributed by atoms with E-state index in [1.165, 1.54) is 0 Å². The van der Waals surface area contributed by atoms with E-state index < -0.39 is 6.10 Å². The van der Waals surface area contributed by atoms with Crippen LogP contribution in [0.3, 0.4) is 0 Å². The van der Waals surface area contributed by atoms with Crippen LogP contribution in [0.15, 0.2) is 18.2 Å². The third-order valence-corrected chi connectivity index (χ3v) is 4.21. The highest BCUT2D eigenvalue weighted by molar-refractivity contribution is 6.42. The Balaban J connectivity index is 2.32. The predicted molar refractivity (Wildman–Crippen MR) is 82.5 cm³/mol. The number of hydrogen-bond acceptors (Lipinski definition) is 2. The maximum absolute atomic E-state index is 10.1. The fourth-order valence-electron chi connectivity index (χ4n) is 2.36. The minimum atomic E-state index is -0.461. The van der Waals surface area contributed by atoms with E-state index in [4.69, 9.17) is 23.2 Å². The zero-order valence-electron chi connectivity index (χ0n) is 11.8. The molecule has 0 aliphatic carbocycles. The summed E-state index contributed by atoms with van der Waals surface area (Å²) in [4.78, 5) is 0. The number of aromatic nitrogens is 2. The summed E-state index contributed by atoms with van der Waals surface area (Å²) in [5, 5.41) is 15.7. The average molecular weight is 313 g/mol. The van der Waals surface area contributed by atoms with Gasteiger partial charge in [0.25, 0.3) is 0 Å². The van der Waals surface area contributed by atoms with Gasteiger partial charge in [-0.2, -0.15) is 5.10 Å². The molecule has 2 rings (SSSR count). The summed E-state index contributed by atoms with van der Waals surface area (Å²) in [5.74, 6) is 0. The van der Waals surface area contributed by atoms with Gasteiger partial charge in [0.15, 0.2) is 0 Å². The van der Waals surface area contributed by atoms with Crippen LogP contribution in [0.1, 0.15) is 42.0 Å². The van der Waals surface area contributed by atoms with Crippen LogP contribution in [0.2, 0.25) is 10.0 Å². The predicted octanol–water partition coefficient (Wildman–Crippen LogP) is 4.30. The molecule has 0 aliphatic rings. The van der Waals surface area contributed by atoms with Gasteiger partial charge in [-0.25, -0.2) is 0 Å². The van der Waals surface area contributed by atoms with Crippen molar-refractivity contribution >= 4 is 23.2 Å². The van der Waals surface area contributed by atoms with Crippen LogP contribution in [0.4, 0.5) is 0 Å². The molecule has 20 heavy (non-hydrogen) atoms. The Morgan fingerprint density at radius 2 is 1.95 bits per heavy atom. The minimum absolute atomic E-state index is 0.461. The fraction of sp³-hybridized carbons (Fsp3) is 0.400. The molecule has 0 aliphatic heterocycles. The molecule has 108 valence electrons. The molecule has 0 saturated heterocycles. The smallest absolute Gasteiger partial charge is 0.0823 e. The van der Waals surface area contributed by atoms with E-state index in [0.717, 1.165) is 22.5 Å². The van der Waals surface area contributed by atoms with Crippen LogP contribution in [-0.4, -0.2) is 14.9 Å². The molecular formula is C15H18Cl2N2O. The molecule has 1 unspecified atom stereocenters. The Kier molecular flexibility index (Phi) is 4.74. The van der Waals surface area contributed by atoms with Crippen molar-refractivity contribution in [3.8, 4) is 0 Å². The molecule has 3 nitrogen and oxygen atoms in total. The van der Waals surface area contributed by atoms with Gasteiger partial charge >= 0.3 is 0 Å². The minimum Gasteiger partial charge on any atom is -0.388 e. The first kappa shape index (κ1) is 15.4. The molecule has 1 aromatic heterocycles. The Hall–Kier alpha value is -1.03. The summed E-state index contributed by atoms with van der Waals surface area (Å²) in [6, 6.07) is 5.56. The first-order valence-electron chi connectivity index (χ1n) is 6.60. The van der Waals surface area contributed by atoms with Crippen molar-refractivity contribution in [2.45, 2.75) is 39.8 Å². The van der Waals surface area contributed by atoms with Gasteiger partial charge in [0.1, 0.15) is 0 Å². The number of aliphatic hydroxyl groups excluding tert-OH is 1. The van der Waals surface area contributed by atoms with Crippen molar-refractivity contribution in [2.75, 3.05) is 0 Å². The van der Waals surface area contributed by atoms with E-state index in [-0.39, 0.29) is 0 Å². The van der Waals surface area contributed by atoms with Gasteiger partial charge in [0, 0.05) is 11.3 Å². The first-order chi connectivity index (χ1) is 9.43. The van der Waals surface area contributed by atoms with Crippen LogP contribution in [-0.2, 0) is 6.54 Å². The second-order valence-corrected chi connectivity index (χ2v) is 5.73. The largest absolute Gasteiger partial charge is 0.388 e. The quantitative estimate of drug-likeness (QED) is 0.914. The normalized spacial score (nSPS) is 12.7. The third kappa shape index (κ3) is 3.00. The molecule has 1 aromatic carbocycles. The molecule has 0 amide bonds. The fourth-order valence-corrected chi connectivity index (χ4v) is 2.68. The van der Waals surface area contributed by atoms with Gasteiger partial charge in [-0.3, -0.25) is 4.68 Å². The molecule has 0 spiro atoms. The Morgan fingerprint density at radius 1 is 1.25 bits per heavy atom. The molecule has 0 bridgehead atoms. The maximum Gasteiger partial charge on any atom is 0.0823 e. The van der Waals surface area contributed by atoms with Crippen LogP contribution in [0.25, 0.3) is 0 Å². The lowest BCUT2D eigenvalue weighted by Crippen LogP contribution is -2.05. The number of hydrogen-bond donors (Lipinski definition) is 1. The van der Waals surface area contributed by atoms with Crippen molar-refractivity contribution in [2.24, 2.45) is 0 Å². The lowest BCUT2D eigenvalue weighted by atomic mass is 10.1. The van der Waals surface area contributed by atoms with Crippen LogP contribution in [0.5, 0.6) is 0 Å². The molecule has 1 N–H and O–H groups in total. The molecule has 5 heteroatoms. The van der Waals surface area contributed by atoms with Gasteiger partial charge < -0.3 is 5.11 Å². The summed E-state index contributed by atoms with van der Waals surface area (Å²) >= 11 is 11.9. The van der Waals surface area contributed by atoms with E-state index in [9.17, 15) is 5.11 Å². The van der Waals surface area contributed by atoms with E-state index in [2.05, 4.69) is 5.10 Å². The summed E-state index contributed by atoms with van der Waals surface area (Å²) in [6.07, 6.45) is 0.220. The van der Waals surface area contributed by atoms with E-state index in [1.807, 2.05) is 37.6 Å². The van der Waals surface area contributed by atoms with Crippen molar-refractivity contribution in [1.82, 2.24) is 9.78 Å². The number of halogens is 2. The summed E-state index contributed by atoms with van der Waals surface area (Å²) in [6.45, 7) is 6.47. The average Bonchev–Trinajstić information content (AvgIpc) is 2.68. The zero-order valence-corrected chi connectivity index (χ0v) is 13.3. The number of nitrogens with zero attached hydrogens (tertiary/aromatic N) is 2. The van der Waals surface area contributed by atoms with Gasteiger partial charge in [-0.15, -0.1) is 0 Å². The summed E-state index contributed by atoms with van der Waals surface area (Å²) in [7, 11) is 0. The second kappa shape index (κ2) is 6.17. The van der Waals surface area contributed by atoms with Crippen molar-refractivity contribution in [3.05, 3.63) is 50.8 Å². The van der Waals surface area contributed by atoms with Crippen molar-refractivity contribution in [3.63, 3.8) is 0 Å². The van der Waals surface area contributed by atoms with Gasteiger partial charge in [-0.1, -0.05) is 36.2 Å². The van der Waals surface area contributed by atoms with Crippen LogP contribution < -0.4 is 0 Å². The molecular weight excluding hydrogens is 295 g/mol. The molecule has 2 aromatic rings. The van der Waals surface area contributed by atoms with Gasteiger partial charge in [0.2, 0.25) is 0 Å². The van der Waals surface area contributed by atoms with E-state index >= 15 is 0 Å². The van der Waals surface area contributed by atoms with Crippen molar-refractivity contribution in [1.29, 1.82) is 0 Å². The van der Waals surface area contributed by atoms with E-state index in [1.54, 1.807) is 6.07 Å². The van der Waals surface area contributed by atoms with Crippen LogP contribution in [0, 0.1) is 13.8 Å². The van der Waals surface area contributed by atoms with E-state index in [0.29, 0.717) is 23.0 Å². The van der Waals surface area contributed by atoms with Gasteiger partial charge in [0.05, 0.1) is 28.4 Å². The highest BCUT2D eigenvalue weighted by Gasteiger charge is 2.17. The lowest BCUT2D eigenvalue weighted by molar-refractivity contribution is 0.172. The lowest BCUT2D eigenvalue weighted by Gasteiger charge is -2.10. The number of aliphatic hydroxyl groups is 1. The molecule has 1 atom stereocenters. The Morgan fingerprint density at radius 3 is 2.55 bits per heavy atom. The highest BCUT2D eigenvalue weighted by Crippen LogP contribution is 2.26. The molecule has 0 fully saturated rings. The Labute approximate surface area is 129 Å². The van der Waals surface area contributed by atoms with Crippen molar-refractivity contribution < 1.29 is 5.11 Å². The molecule has 0 radical (unpaired) electrons. The summed E-state index contributed by atoms with van der Waals surface area (Å²) < 4.78 is 1.89. The molecule has 1 heterocycles.